The summed E-state index contributed by atoms with van der Waals surface area (Å²) in [6.45, 7) is 6.90. The third-order valence-electron chi connectivity index (χ3n) is 11.4. The second-order valence-electron chi connectivity index (χ2n) is 15.7. The Hall–Kier alpha value is -6.30. The van der Waals surface area contributed by atoms with Crippen molar-refractivity contribution in [2.24, 2.45) is 0 Å². The molecule has 0 saturated heterocycles. The molecule has 0 spiro atoms. The molecule has 0 fully saturated rings. The zero-order chi connectivity index (χ0) is 36.8. The Morgan fingerprint density at radius 3 is 1.89 bits per heavy atom. The van der Waals surface area contributed by atoms with Gasteiger partial charge in [-0.3, -0.25) is 0 Å². The van der Waals surface area contributed by atoms with Crippen LogP contribution in [-0.2, 0) is 5.41 Å². The van der Waals surface area contributed by atoms with Crippen LogP contribution in [-0.4, -0.2) is 6.71 Å². The third-order valence-corrected chi connectivity index (χ3v) is 12.5. The van der Waals surface area contributed by atoms with E-state index >= 15 is 0 Å². The summed E-state index contributed by atoms with van der Waals surface area (Å²) >= 11 is 1.88. The quantitative estimate of drug-likeness (QED) is 0.168. The number of hydrogen-bond donors (Lipinski definition) is 0. The Kier molecular flexibility index (Phi) is 7.08. The van der Waals surface area contributed by atoms with Crippen molar-refractivity contribution in [3.63, 3.8) is 0 Å². The average molecular weight is 725 g/mol. The highest BCUT2D eigenvalue weighted by atomic mass is 32.1. The SMILES string of the molecule is CC(C)(C)c1cc2c3c(c1)N(c1ccccc1)c1ccccc1B3c1cc3sc4cc(N(c5ccccc5)c5ccccc5)c5ccccc5c4c3cc1O2. The maximum atomic E-state index is 7.15. The van der Waals surface area contributed by atoms with Crippen molar-refractivity contribution < 1.29 is 4.74 Å². The van der Waals surface area contributed by atoms with Gasteiger partial charge in [-0.25, -0.2) is 0 Å². The molecule has 0 N–H and O–H groups in total. The van der Waals surface area contributed by atoms with Crippen molar-refractivity contribution in [3.8, 4) is 11.5 Å². The molecule has 0 unspecified atom stereocenters. The van der Waals surface area contributed by atoms with Crippen molar-refractivity contribution in [1.82, 2.24) is 0 Å². The van der Waals surface area contributed by atoms with Crippen LogP contribution in [0.25, 0.3) is 30.9 Å². The number of fused-ring (bicyclic) bond motifs is 9. The highest BCUT2D eigenvalue weighted by Crippen LogP contribution is 2.48. The van der Waals surface area contributed by atoms with E-state index in [2.05, 4.69) is 200 Å². The van der Waals surface area contributed by atoms with Gasteiger partial charge >= 0.3 is 0 Å². The molecule has 0 atom stereocenters. The van der Waals surface area contributed by atoms with Crippen molar-refractivity contribution in [1.29, 1.82) is 0 Å². The van der Waals surface area contributed by atoms with E-state index < -0.39 is 0 Å². The fourth-order valence-electron chi connectivity index (χ4n) is 8.87. The van der Waals surface area contributed by atoms with E-state index in [9.17, 15) is 0 Å². The molecule has 262 valence electrons. The Bertz CT molecular complexity index is 2910. The first kappa shape index (κ1) is 32.2. The molecule has 0 bridgehead atoms. The van der Waals surface area contributed by atoms with E-state index in [0.717, 1.165) is 28.6 Å². The van der Waals surface area contributed by atoms with E-state index in [0.29, 0.717) is 0 Å². The van der Waals surface area contributed by atoms with Gasteiger partial charge < -0.3 is 14.5 Å². The first-order valence-electron chi connectivity index (χ1n) is 19.0. The van der Waals surface area contributed by atoms with Gasteiger partial charge in [-0.05, 0) is 106 Å². The Morgan fingerprint density at radius 1 is 0.545 bits per heavy atom. The zero-order valence-corrected chi connectivity index (χ0v) is 31.8. The maximum Gasteiger partial charge on any atom is 0.256 e. The lowest BCUT2D eigenvalue weighted by molar-refractivity contribution is 0.484. The molecule has 3 heterocycles. The van der Waals surface area contributed by atoms with Gasteiger partial charge in [0.15, 0.2) is 0 Å². The molecule has 3 nitrogen and oxygen atoms in total. The number of thiophene rings is 1. The van der Waals surface area contributed by atoms with Gasteiger partial charge in [-0.2, -0.15) is 0 Å². The molecule has 8 aromatic carbocycles. The van der Waals surface area contributed by atoms with Gasteiger partial charge in [-0.15, -0.1) is 11.3 Å². The van der Waals surface area contributed by atoms with Crippen molar-refractivity contribution >= 4 is 99.5 Å². The first-order chi connectivity index (χ1) is 26.9. The number of ether oxygens (including phenoxy) is 1. The van der Waals surface area contributed by atoms with E-state index in [1.807, 2.05) is 11.3 Å². The standard InChI is InChI=1S/C50H37BN2OS/c1-50(2,3)32-27-43-49-45(28-32)54-44-29-38-46(30-40(44)51(49)39-25-15-16-26-41(39)53(43)35-21-11-6-12-22-35)55-47-31-42(36-23-13-14-24-37(36)48(38)47)52(33-17-7-4-8-18-33)34-19-9-5-10-20-34/h4-31H,1-3H3. The highest BCUT2D eigenvalue weighted by Gasteiger charge is 2.43. The van der Waals surface area contributed by atoms with Crippen LogP contribution in [0.15, 0.2) is 170 Å². The molecular formula is C50H37BN2OS. The topological polar surface area (TPSA) is 15.7 Å². The van der Waals surface area contributed by atoms with Crippen LogP contribution in [0.5, 0.6) is 11.5 Å². The zero-order valence-electron chi connectivity index (χ0n) is 31.0. The van der Waals surface area contributed by atoms with E-state index in [4.69, 9.17) is 4.74 Å². The average Bonchev–Trinajstić information content (AvgIpc) is 3.58. The lowest BCUT2D eigenvalue weighted by atomic mass is 9.34. The minimum absolute atomic E-state index is 0.0347. The van der Waals surface area contributed by atoms with E-state index in [1.165, 1.54) is 70.0 Å². The predicted molar refractivity (Wildman–Crippen MR) is 236 cm³/mol. The minimum atomic E-state index is -0.0679. The third kappa shape index (κ3) is 4.96. The highest BCUT2D eigenvalue weighted by molar-refractivity contribution is 7.26. The van der Waals surface area contributed by atoms with Crippen molar-refractivity contribution in [2.75, 3.05) is 9.80 Å². The summed E-state index contributed by atoms with van der Waals surface area (Å²) in [7, 11) is 0. The molecule has 0 saturated carbocycles. The molecule has 11 rings (SSSR count). The number of hydrogen-bond acceptors (Lipinski definition) is 4. The molecule has 2 aliphatic heterocycles. The van der Waals surface area contributed by atoms with Crippen LogP contribution in [0.2, 0.25) is 0 Å². The van der Waals surface area contributed by atoms with Crippen molar-refractivity contribution in [3.05, 3.63) is 175 Å². The summed E-state index contributed by atoms with van der Waals surface area (Å²) in [5.41, 5.74) is 11.9. The smallest absolute Gasteiger partial charge is 0.256 e. The van der Waals surface area contributed by atoms with Crippen LogP contribution < -0.4 is 30.9 Å². The van der Waals surface area contributed by atoms with Gasteiger partial charge in [0.2, 0.25) is 0 Å². The fourth-order valence-corrected chi connectivity index (χ4v) is 10.1. The largest absolute Gasteiger partial charge is 0.458 e. The summed E-state index contributed by atoms with van der Waals surface area (Å²) in [5, 5.41) is 4.97. The van der Waals surface area contributed by atoms with Crippen LogP contribution in [0, 0.1) is 0 Å². The van der Waals surface area contributed by atoms with Crippen LogP contribution >= 0.6 is 11.3 Å². The molecular weight excluding hydrogens is 687 g/mol. The number of para-hydroxylation sites is 4. The van der Waals surface area contributed by atoms with Gasteiger partial charge in [0.05, 0.1) is 5.69 Å². The summed E-state index contributed by atoms with van der Waals surface area (Å²) < 4.78 is 9.67. The fraction of sp³-hybridized carbons (Fsp3) is 0.0800. The number of nitrogens with zero attached hydrogens (tertiary/aromatic N) is 2. The van der Waals surface area contributed by atoms with E-state index in [1.54, 1.807) is 0 Å². The number of benzene rings is 8. The van der Waals surface area contributed by atoms with Crippen LogP contribution in [0.3, 0.4) is 0 Å². The monoisotopic (exact) mass is 724 g/mol. The number of rotatable bonds is 4. The van der Waals surface area contributed by atoms with Crippen LogP contribution in [0.4, 0.5) is 34.1 Å². The molecule has 55 heavy (non-hydrogen) atoms. The predicted octanol–water partition coefficient (Wildman–Crippen LogP) is 12.4. The second kappa shape index (κ2) is 12.1. The molecule has 1 aromatic heterocycles. The van der Waals surface area contributed by atoms with Crippen molar-refractivity contribution in [2.45, 2.75) is 26.2 Å². The molecule has 0 aliphatic carbocycles. The minimum Gasteiger partial charge on any atom is -0.458 e. The molecule has 9 aromatic rings. The Labute approximate surface area is 325 Å². The molecule has 0 amide bonds. The Balaban J connectivity index is 1.17. The van der Waals surface area contributed by atoms with Gasteiger partial charge in [-0.1, -0.05) is 118 Å². The molecule has 0 radical (unpaired) electrons. The lowest BCUT2D eigenvalue weighted by Gasteiger charge is -2.41. The lowest BCUT2D eigenvalue weighted by Crippen LogP contribution is -2.59. The molecule has 5 heteroatoms. The maximum absolute atomic E-state index is 7.15. The first-order valence-corrected chi connectivity index (χ1v) is 19.9. The van der Waals surface area contributed by atoms with E-state index in [-0.39, 0.29) is 12.1 Å². The normalized spacial score (nSPS) is 13.1. The van der Waals surface area contributed by atoms with Gasteiger partial charge in [0, 0.05) is 54.0 Å². The second-order valence-corrected chi connectivity index (χ2v) is 16.8. The van der Waals surface area contributed by atoms with Gasteiger partial charge in [0.1, 0.15) is 11.5 Å². The molecule has 2 aliphatic rings. The Morgan fingerprint density at radius 2 is 1.18 bits per heavy atom. The van der Waals surface area contributed by atoms with Gasteiger partial charge in [0.25, 0.3) is 6.71 Å². The summed E-state index contributed by atoms with van der Waals surface area (Å²) in [6.07, 6.45) is 0. The summed E-state index contributed by atoms with van der Waals surface area (Å²) in [6, 6.07) is 61.9. The summed E-state index contributed by atoms with van der Waals surface area (Å²) in [5.74, 6) is 1.88. The summed E-state index contributed by atoms with van der Waals surface area (Å²) in [4.78, 5) is 4.83. The van der Waals surface area contributed by atoms with Crippen LogP contribution in [0.1, 0.15) is 26.3 Å². The number of anilines is 6.